The highest BCUT2D eigenvalue weighted by Crippen LogP contribution is 2.59. The third kappa shape index (κ3) is 2.27. The maximum atomic E-state index is 9.90. The number of halogens is 4. The van der Waals surface area contributed by atoms with Crippen molar-refractivity contribution in [1.29, 1.82) is 0 Å². The van der Waals surface area contributed by atoms with Gasteiger partial charge in [-0.05, 0) is 70.6 Å². The Morgan fingerprint density at radius 1 is 0.810 bits per heavy atom. The summed E-state index contributed by atoms with van der Waals surface area (Å²) in [5, 5.41) is 19.8. The molecular formula is C13H6Br4O4. The number of phenols is 2. The number of fused-ring (bicyclic) bond motifs is 2. The zero-order valence-electron chi connectivity index (χ0n) is 10.3. The normalized spacial score (nSPS) is 12.2. The molecule has 0 aliphatic carbocycles. The molecule has 1 heterocycles. The number of ether oxygens (including phenoxy) is 2. The van der Waals surface area contributed by atoms with Gasteiger partial charge in [0.05, 0.1) is 4.47 Å². The van der Waals surface area contributed by atoms with Gasteiger partial charge in [0.1, 0.15) is 4.47 Å². The molecule has 0 saturated carbocycles. The van der Waals surface area contributed by atoms with E-state index >= 15 is 0 Å². The fraction of sp³-hybridized carbons (Fsp3) is 0.0769. The maximum absolute atomic E-state index is 9.90. The van der Waals surface area contributed by atoms with Crippen LogP contribution in [0.2, 0.25) is 0 Å². The Balaban J connectivity index is 2.27. The SMILES string of the molecule is Cc1c(O)c(O)c(Br)c2c1Oc1cc(Br)c(Br)c(Br)c1O2. The van der Waals surface area contributed by atoms with Crippen molar-refractivity contribution in [1.82, 2.24) is 0 Å². The minimum absolute atomic E-state index is 0.234. The van der Waals surface area contributed by atoms with Crippen LogP contribution in [-0.2, 0) is 0 Å². The predicted octanol–water partition coefficient (Wildman–Crippen LogP) is 6.35. The number of aromatic hydroxyl groups is 2. The fourth-order valence-electron chi connectivity index (χ4n) is 1.92. The molecule has 2 N–H and O–H groups in total. The van der Waals surface area contributed by atoms with Crippen molar-refractivity contribution in [2.75, 3.05) is 0 Å². The molecular weight excluding hydrogens is 540 g/mol. The molecule has 2 aromatic carbocycles. The van der Waals surface area contributed by atoms with E-state index in [0.717, 1.165) is 8.95 Å². The second-order valence-electron chi connectivity index (χ2n) is 4.31. The number of benzene rings is 2. The first-order chi connectivity index (χ1) is 9.82. The Morgan fingerprint density at radius 2 is 1.48 bits per heavy atom. The van der Waals surface area contributed by atoms with Gasteiger partial charge in [-0.3, -0.25) is 0 Å². The molecule has 8 heteroatoms. The lowest BCUT2D eigenvalue weighted by Crippen LogP contribution is -2.03. The first-order valence-corrected chi connectivity index (χ1v) is 8.77. The van der Waals surface area contributed by atoms with Gasteiger partial charge >= 0.3 is 0 Å². The van der Waals surface area contributed by atoms with Gasteiger partial charge in [0, 0.05) is 20.6 Å². The molecule has 0 aromatic heterocycles. The van der Waals surface area contributed by atoms with Gasteiger partial charge < -0.3 is 19.7 Å². The summed E-state index contributed by atoms with van der Waals surface area (Å²) in [6.07, 6.45) is 0. The summed E-state index contributed by atoms with van der Waals surface area (Å²) >= 11 is 13.5. The van der Waals surface area contributed by atoms with Crippen molar-refractivity contribution in [3.8, 4) is 34.5 Å². The summed E-state index contributed by atoms with van der Waals surface area (Å²) in [5.74, 6) is 1.09. The number of rotatable bonds is 0. The molecule has 21 heavy (non-hydrogen) atoms. The molecule has 4 nitrogen and oxygen atoms in total. The average Bonchev–Trinajstić information content (AvgIpc) is 2.47. The molecule has 2 aromatic rings. The molecule has 0 unspecified atom stereocenters. The van der Waals surface area contributed by atoms with E-state index in [2.05, 4.69) is 63.7 Å². The van der Waals surface area contributed by atoms with Crippen LogP contribution in [0.15, 0.2) is 24.0 Å². The van der Waals surface area contributed by atoms with Gasteiger partial charge in [0.15, 0.2) is 34.5 Å². The first kappa shape index (κ1) is 15.5. The lowest BCUT2D eigenvalue weighted by molar-refractivity contribution is 0.338. The lowest BCUT2D eigenvalue weighted by atomic mass is 10.1. The molecule has 0 fully saturated rings. The average molecular weight is 546 g/mol. The Hall–Kier alpha value is -0.440. The van der Waals surface area contributed by atoms with Gasteiger partial charge in [-0.15, -0.1) is 0 Å². The van der Waals surface area contributed by atoms with Gasteiger partial charge in [-0.1, -0.05) is 0 Å². The second kappa shape index (κ2) is 5.33. The minimum atomic E-state index is -0.286. The lowest BCUT2D eigenvalue weighted by Gasteiger charge is -2.25. The largest absolute Gasteiger partial charge is 0.504 e. The van der Waals surface area contributed by atoms with Crippen molar-refractivity contribution in [2.24, 2.45) is 0 Å². The summed E-state index contributed by atoms with van der Waals surface area (Å²) in [6.45, 7) is 1.64. The van der Waals surface area contributed by atoms with E-state index < -0.39 is 0 Å². The van der Waals surface area contributed by atoms with Crippen LogP contribution in [0.25, 0.3) is 0 Å². The Bertz CT molecular complexity index is 789. The topological polar surface area (TPSA) is 58.9 Å². The van der Waals surface area contributed by atoms with Gasteiger partial charge in [0.25, 0.3) is 0 Å². The van der Waals surface area contributed by atoms with E-state index in [4.69, 9.17) is 9.47 Å². The van der Waals surface area contributed by atoms with Crippen molar-refractivity contribution in [2.45, 2.75) is 6.92 Å². The Morgan fingerprint density at radius 3 is 2.14 bits per heavy atom. The smallest absolute Gasteiger partial charge is 0.188 e. The molecule has 0 amide bonds. The quantitative estimate of drug-likeness (QED) is 0.255. The van der Waals surface area contributed by atoms with Gasteiger partial charge in [0.2, 0.25) is 0 Å². The van der Waals surface area contributed by atoms with E-state index in [1.54, 1.807) is 13.0 Å². The van der Waals surface area contributed by atoms with Crippen LogP contribution in [0, 0.1) is 6.92 Å². The van der Waals surface area contributed by atoms with E-state index in [1.165, 1.54) is 0 Å². The highest BCUT2D eigenvalue weighted by Gasteiger charge is 2.31. The van der Waals surface area contributed by atoms with E-state index in [0.29, 0.717) is 33.0 Å². The van der Waals surface area contributed by atoms with Crippen LogP contribution >= 0.6 is 63.7 Å². The number of hydrogen-bond donors (Lipinski definition) is 2. The van der Waals surface area contributed by atoms with E-state index in [9.17, 15) is 10.2 Å². The summed E-state index contributed by atoms with van der Waals surface area (Å²) in [4.78, 5) is 0. The Labute approximate surface area is 153 Å². The summed E-state index contributed by atoms with van der Waals surface area (Å²) in [5.41, 5.74) is 0.395. The van der Waals surface area contributed by atoms with Crippen LogP contribution in [0.5, 0.6) is 34.5 Å². The highest BCUT2D eigenvalue weighted by molar-refractivity contribution is 9.14. The van der Waals surface area contributed by atoms with Crippen molar-refractivity contribution >= 4 is 63.7 Å². The molecule has 1 aliphatic rings. The van der Waals surface area contributed by atoms with Crippen LogP contribution in [0.1, 0.15) is 5.56 Å². The van der Waals surface area contributed by atoms with E-state index in [-0.39, 0.29) is 16.0 Å². The van der Waals surface area contributed by atoms with Crippen molar-refractivity contribution < 1.29 is 19.7 Å². The monoisotopic (exact) mass is 542 g/mol. The van der Waals surface area contributed by atoms with Gasteiger partial charge in [-0.2, -0.15) is 0 Å². The molecule has 110 valence electrons. The predicted molar refractivity (Wildman–Crippen MR) is 91.9 cm³/mol. The molecule has 0 spiro atoms. The summed E-state index contributed by atoms with van der Waals surface area (Å²) < 4.78 is 14.2. The summed E-state index contributed by atoms with van der Waals surface area (Å²) in [6, 6.07) is 1.75. The second-order valence-corrected chi connectivity index (χ2v) is 7.55. The standard InChI is InChI=1S/C13H6Br4O4/c1-3-9(18)10(19)8(17)13-11(3)20-5-2-4(14)6(15)7(16)12(5)21-13/h2,18-19H,1H3. The Kier molecular flexibility index (Phi) is 3.92. The van der Waals surface area contributed by atoms with Crippen molar-refractivity contribution in [3.05, 3.63) is 29.5 Å². The summed E-state index contributed by atoms with van der Waals surface area (Å²) in [7, 11) is 0. The molecule has 0 atom stereocenters. The molecule has 0 bridgehead atoms. The fourth-order valence-corrected chi connectivity index (χ4v) is 3.83. The maximum Gasteiger partial charge on any atom is 0.188 e. The third-order valence-electron chi connectivity index (χ3n) is 3.03. The van der Waals surface area contributed by atoms with Crippen LogP contribution in [0.4, 0.5) is 0 Å². The molecule has 1 aliphatic heterocycles. The van der Waals surface area contributed by atoms with Crippen LogP contribution in [-0.4, -0.2) is 10.2 Å². The molecule has 3 rings (SSSR count). The molecule has 0 saturated heterocycles. The zero-order chi connectivity index (χ0) is 15.5. The zero-order valence-corrected chi connectivity index (χ0v) is 16.6. The minimum Gasteiger partial charge on any atom is -0.504 e. The number of hydrogen-bond acceptors (Lipinski definition) is 4. The van der Waals surface area contributed by atoms with Crippen LogP contribution < -0.4 is 9.47 Å². The van der Waals surface area contributed by atoms with Crippen molar-refractivity contribution in [3.63, 3.8) is 0 Å². The highest BCUT2D eigenvalue weighted by atomic mass is 79.9. The van der Waals surface area contributed by atoms with Gasteiger partial charge in [-0.25, -0.2) is 0 Å². The van der Waals surface area contributed by atoms with Crippen LogP contribution in [0.3, 0.4) is 0 Å². The third-order valence-corrected chi connectivity index (χ3v) is 7.04. The van der Waals surface area contributed by atoms with E-state index in [1.807, 2.05) is 0 Å². The number of phenolic OH excluding ortho intramolecular Hbond substituents is 2. The molecule has 0 radical (unpaired) electrons. The first-order valence-electron chi connectivity index (χ1n) is 5.60.